The third-order valence-electron chi connectivity index (χ3n) is 5.59. The zero-order valence-electron chi connectivity index (χ0n) is 19.6. The van der Waals surface area contributed by atoms with Crippen molar-refractivity contribution < 1.29 is 13.2 Å². The molecule has 0 fully saturated rings. The number of para-hydroxylation sites is 1. The quantitative estimate of drug-likeness (QED) is 0.444. The zero-order valence-corrected chi connectivity index (χ0v) is 21.2. The smallest absolute Gasteiger partial charge is 0.240 e. The third kappa shape index (κ3) is 5.54. The van der Waals surface area contributed by atoms with Crippen LogP contribution in [0.4, 0.5) is 5.69 Å². The Kier molecular flexibility index (Phi) is 7.45. The van der Waals surface area contributed by atoms with Gasteiger partial charge in [0.05, 0.1) is 15.8 Å². The molecule has 2 aromatic carbocycles. The number of aryl methyl sites for hydroxylation is 1. The number of amides is 1. The van der Waals surface area contributed by atoms with Gasteiger partial charge in [-0.05, 0) is 82.9 Å². The Bertz CT molecular complexity index is 1250. The van der Waals surface area contributed by atoms with Crippen molar-refractivity contribution in [3.05, 3.63) is 66.0 Å². The van der Waals surface area contributed by atoms with Gasteiger partial charge in [-0.25, -0.2) is 18.1 Å². The lowest BCUT2D eigenvalue weighted by atomic mass is 10.0. The van der Waals surface area contributed by atoms with E-state index < -0.39 is 15.3 Å². The predicted molar refractivity (Wildman–Crippen MR) is 136 cm³/mol. The Hall–Kier alpha value is -2.62. The first kappa shape index (κ1) is 24.5. The molecule has 1 atom stereocenters. The number of carbonyl (C=O) groups excluding carboxylic acids is 1. The van der Waals surface area contributed by atoms with Gasteiger partial charge in [0.2, 0.25) is 15.9 Å². The van der Waals surface area contributed by atoms with E-state index in [1.165, 1.54) is 29.6 Å². The topological polar surface area (TPSA) is 93.1 Å². The summed E-state index contributed by atoms with van der Waals surface area (Å²) in [4.78, 5) is 18.0. The average Bonchev–Trinajstić information content (AvgIpc) is 3.17. The van der Waals surface area contributed by atoms with Gasteiger partial charge in [0.15, 0.2) is 5.16 Å². The molecule has 0 bridgehead atoms. The Labute approximate surface area is 205 Å². The van der Waals surface area contributed by atoms with Crippen LogP contribution < -0.4 is 10.0 Å². The summed E-state index contributed by atoms with van der Waals surface area (Å²) in [5.41, 5.74) is 3.96. The van der Waals surface area contributed by atoms with Crippen LogP contribution in [-0.4, -0.2) is 35.2 Å². The van der Waals surface area contributed by atoms with Crippen LogP contribution in [0.1, 0.15) is 45.0 Å². The molecule has 9 heteroatoms. The number of anilines is 1. The van der Waals surface area contributed by atoms with E-state index in [-0.39, 0.29) is 16.8 Å². The molecule has 2 N–H and O–H groups in total. The summed E-state index contributed by atoms with van der Waals surface area (Å²) in [6.07, 6.45) is 4.23. The first-order valence-electron chi connectivity index (χ1n) is 11.5. The molecule has 7 nitrogen and oxygen atoms in total. The van der Waals surface area contributed by atoms with Gasteiger partial charge in [-0.15, -0.1) is 0 Å². The minimum absolute atomic E-state index is 0.164. The lowest BCUT2D eigenvalue weighted by Gasteiger charge is -2.16. The van der Waals surface area contributed by atoms with Crippen LogP contribution in [0.2, 0.25) is 0 Å². The summed E-state index contributed by atoms with van der Waals surface area (Å²) in [5.74, 6) is -0.165. The van der Waals surface area contributed by atoms with E-state index in [1.54, 1.807) is 26.0 Å². The summed E-state index contributed by atoms with van der Waals surface area (Å²) in [5, 5.41) is 3.32. The SMILES string of the molecule is CC(C)NS(=O)(=O)c1ccc(NC(=O)[C@@H](C)Sc2nc3c(n2-c2ccccc2)CCCC3)cc1. The second kappa shape index (κ2) is 10.3. The predicted octanol–water partition coefficient (Wildman–Crippen LogP) is 4.56. The molecule has 1 aromatic heterocycles. The van der Waals surface area contributed by atoms with Crippen molar-refractivity contribution in [3.8, 4) is 5.69 Å². The molecule has 1 amide bonds. The maximum atomic E-state index is 12.9. The first-order valence-corrected chi connectivity index (χ1v) is 13.9. The molecule has 34 heavy (non-hydrogen) atoms. The van der Waals surface area contributed by atoms with Crippen molar-refractivity contribution >= 4 is 33.4 Å². The summed E-state index contributed by atoms with van der Waals surface area (Å²) < 4.78 is 29.4. The third-order valence-corrected chi connectivity index (χ3v) is 8.32. The highest BCUT2D eigenvalue weighted by atomic mass is 32.2. The van der Waals surface area contributed by atoms with Crippen LogP contribution in [0.25, 0.3) is 5.69 Å². The van der Waals surface area contributed by atoms with Crippen molar-refractivity contribution in [2.45, 2.75) is 67.8 Å². The number of nitrogens with zero attached hydrogens (tertiary/aromatic N) is 2. The average molecular weight is 499 g/mol. The van der Waals surface area contributed by atoms with Crippen molar-refractivity contribution in [1.82, 2.24) is 14.3 Å². The Balaban J connectivity index is 1.49. The Morgan fingerprint density at radius 2 is 1.68 bits per heavy atom. The minimum Gasteiger partial charge on any atom is -0.325 e. The van der Waals surface area contributed by atoms with Crippen LogP contribution >= 0.6 is 11.8 Å². The van der Waals surface area contributed by atoms with Crippen LogP contribution in [0.5, 0.6) is 0 Å². The highest BCUT2D eigenvalue weighted by Gasteiger charge is 2.25. The number of hydrogen-bond donors (Lipinski definition) is 2. The van der Waals surface area contributed by atoms with Gasteiger partial charge in [-0.3, -0.25) is 9.36 Å². The second-order valence-electron chi connectivity index (χ2n) is 8.72. The van der Waals surface area contributed by atoms with E-state index in [1.807, 2.05) is 25.1 Å². The van der Waals surface area contributed by atoms with Gasteiger partial charge in [0.25, 0.3) is 0 Å². The summed E-state index contributed by atoms with van der Waals surface area (Å²) >= 11 is 1.43. The maximum absolute atomic E-state index is 12.9. The number of rotatable bonds is 8. The zero-order chi connectivity index (χ0) is 24.3. The highest BCUT2D eigenvalue weighted by Crippen LogP contribution is 2.32. The highest BCUT2D eigenvalue weighted by molar-refractivity contribution is 8.00. The standard InChI is InChI=1S/C25H30N4O3S2/c1-17(2)28-34(31,32)21-15-13-19(14-16-21)26-24(30)18(3)33-25-27-22-11-7-8-12-23(22)29(25)20-9-5-4-6-10-20/h4-6,9-10,13-18,28H,7-8,11-12H2,1-3H3,(H,26,30)/t18-/m1/s1. The maximum Gasteiger partial charge on any atom is 0.240 e. The molecule has 0 saturated heterocycles. The lowest BCUT2D eigenvalue weighted by Crippen LogP contribution is -2.30. The van der Waals surface area contributed by atoms with Crippen molar-refractivity contribution in [2.24, 2.45) is 0 Å². The van der Waals surface area contributed by atoms with Crippen molar-refractivity contribution in [1.29, 1.82) is 0 Å². The number of nitrogens with one attached hydrogen (secondary N) is 2. The molecular formula is C25H30N4O3S2. The van der Waals surface area contributed by atoms with E-state index in [2.05, 4.69) is 26.7 Å². The molecule has 3 aromatic rings. The minimum atomic E-state index is -3.57. The van der Waals surface area contributed by atoms with Gasteiger partial charge < -0.3 is 5.32 Å². The molecule has 0 saturated carbocycles. The number of fused-ring (bicyclic) bond motifs is 1. The number of hydrogen-bond acceptors (Lipinski definition) is 5. The van der Waals surface area contributed by atoms with Gasteiger partial charge in [0, 0.05) is 23.1 Å². The van der Waals surface area contributed by atoms with Crippen LogP contribution in [0, 0.1) is 0 Å². The number of thioether (sulfide) groups is 1. The Morgan fingerprint density at radius 1 is 1.00 bits per heavy atom. The van der Waals surface area contributed by atoms with Gasteiger partial charge >= 0.3 is 0 Å². The lowest BCUT2D eigenvalue weighted by molar-refractivity contribution is -0.115. The van der Waals surface area contributed by atoms with E-state index in [4.69, 9.17) is 4.98 Å². The molecule has 4 rings (SSSR count). The fourth-order valence-corrected chi connectivity index (χ4v) is 6.21. The van der Waals surface area contributed by atoms with Crippen LogP contribution in [0.15, 0.2) is 64.6 Å². The summed E-state index contributed by atoms with van der Waals surface area (Å²) in [6.45, 7) is 5.39. The molecule has 1 aliphatic rings. The molecule has 0 unspecified atom stereocenters. The summed E-state index contributed by atoms with van der Waals surface area (Å²) in [6, 6.07) is 16.1. The first-order chi connectivity index (χ1) is 16.2. The number of benzene rings is 2. The van der Waals surface area contributed by atoms with Gasteiger partial charge in [-0.1, -0.05) is 30.0 Å². The van der Waals surface area contributed by atoms with Crippen molar-refractivity contribution in [3.63, 3.8) is 0 Å². The molecular weight excluding hydrogens is 468 g/mol. The second-order valence-corrected chi connectivity index (χ2v) is 11.7. The van der Waals surface area contributed by atoms with E-state index >= 15 is 0 Å². The van der Waals surface area contributed by atoms with E-state index in [0.717, 1.165) is 42.2 Å². The van der Waals surface area contributed by atoms with Gasteiger partial charge in [-0.2, -0.15) is 0 Å². The molecule has 1 aliphatic carbocycles. The molecule has 180 valence electrons. The fourth-order valence-electron chi connectivity index (χ4n) is 3.99. The largest absolute Gasteiger partial charge is 0.325 e. The van der Waals surface area contributed by atoms with E-state index in [9.17, 15) is 13.2 Å². The molecule has 0 aliphatic heterocycles. The van der Waals surface area contributed by atoms with E-state index in [0.29, 0.717) is 5.69 Å². The molecule has 0 radical (unpaired) electrons. The Morgan fingerprint density at radius 3 is 2.35 bits per heavy atom. The monoisotopic (exact) mass is 498 g/mol. The number of carbonyl (C=O) groups is 1. The van der Waals surface area contributed by atoms with Crippen LogP contribution in [-0.2, 0) is 27.7 Å². The van der Waals surface area contributed by atoms with Crippen molar-refractivity contribution in [2.75, 3.05) is 5.32 Å². The number of imidazole rings is 1. The summed E-state index contributed by atoms with van der Waals surface area (Å²) in [7, 11) is -3.57. The normalized spacial score (nSPS) is 14.6. The van der Waals surface area contributed by atoms with Crippen LogP contribution in [0.3, 0.4) is 0 Å². The molecule has 0 spiro atoms. The number of sulfonamides is 1. The van der Waals surface area contributed by atoms with Gasteiger partial charge in [0.1, 0.15) is 0 Å². The molecule has 1 heterocycles. The number of aromatic nitrogens is 2. The fraction of sp³-hybridized carbons (Fsp3) is 0.360.